The molecule has 1 aromatic heterocycles. The molecule has 1 heterocycles. The molecule has 1 unspecified atom stereocenters. The number of carbonyl (C=O) groups is 1. The normalized spacial score (nSPS) is 11.9. The molecule has 0 saturated carbocycles. The van der Waals surface area contributed by atoms with Gasteiger partial charge >= 0.3 is 0 Å². The van der Waals surface area contributed by atoms with Gasteiger partial charge in [-0.05, 0) is 29.7 Å². The number of alkyl halides is 1. The lowest BCUT2D eigenvalue weighted by molar-refractivity contribution is -0.121. The van der Waals surface area contributed by atoms with Gasteiger partial charge in [0.1, 0.15) is 5.38 Å². The highest BCUT2D eigenvalue weighted by Crippen LogP contribution is 2.20. The number of hydrogen-bond acceptors (Lipinski definition) is 2. The van der Waals surface area contributed by atoms with Gasteiger partial charge in [-0.2, -0.15) is 0 Å². The molecule has 1 aromatic carbocycles. The van der Waals surface area contributed by atoms with E-state index in [0.29, 0.717) is 6.54 Å². The minimum Gasteiger partial charge on any atom is -0.350 e. The Kier molecular flexibility index (Phi) is 4.53. The first-order chi connectivity index (χ1) is 9.18. The lowest BCUT2D eigenvalue weighted by atomic mass is 10.1. The number of pyridine rings is 1. The van der Waals surface area contributed by atoms with Gasteiger partial charge in [-0.3, -0.25) is 9.78 Å². The van der Waals surface area contributed by atoms with E-state index in [2.05, 4.69) is 10.3 Å². The largest absolute Gasteiger partial charge is 0.350 e. The maximum absolute atomic E-state index is 12.0. The van der Waals surface area contributed by atoms with Gasteiger partial charge in [-0.1, -0.05) is 30.3 Å². The molecule has 0 radical (unpaired) electrons. The molecule has 0 aliphatic heterocycles. The monoisotopic (exact) mass is 274 g/mol. The molecule has 0 aliphatic carbocycles. The number of nitrogens with zero attached hydrogens (tertiary/aromatic N) is 1. The summed E-state index contributed by atoms with van der Waals surface area (Å²) in [6, 6.07) is 11.2. The molecule has 0 aliphatic rings. The zero-order valence-electron chi connectivity index (χ0n) is 10.6. The van der Waals surface area contributed by atoms with Crippen LogP contribution in [-0.2, 0) is 11.3 Å². The molecule has 1 N–H and O–H groups in total. The molecule has 2 aromatic rings. The summed E-state index contributed by atoms with van der Waals surface area (Å²) >= 11 is 6.14. The first-order valence-electron chi connectivity index (χ1n) is 6.04. The Morgan fingerprint density at radius 1 is 1.32 bits per heavy atom. The van der Waals surface area contributed by atoms with Crippen molar-refractivity contribution < 1.29 is 4.79 Å². The van der Waals surface area contributed by atoms with Crippen LogP contribution in [0, 0.1) is 6.92 Å². The second kappa shape index (κ2) is 6.34. The van der Waals surface area contributed by atoms with Gasteiger partial charge in [0.05, 0.1) is 0 Å². The second-order valence-corrected chi connectivity index (χ2v) is 4.73. The Balaban J connectivity index is 1.97. The number of halogens is 1. The van der Waals surface area contributed by atoms with Crippen LogP contribution in [0.25, 0.3) is 0 Å². The third kappa shape index (κ3) is 3.55. The highest BCUT2D eigenvalue weighted by atomic mass is 35.5. The average Bonchev–Trinajstić information content (AvgIpc) is 2.46. The Hall–Kier alpha value is -1.87. The predicted octanol–water partition coefficient (Wildman–Crippen LogP) is 2.99. The van der Waals surface area contributed by atoms with E-state index in [1.54, 1.807) is 12.4 Å². The molecular weight excluding hydrogens is 260 g/mol. The predicted molar refractivity (Wildman–Crippen MR) is 75.9 cm³/mol. The van der Waals surface area contributed by atoms with Crippen LogP contribution in [0.15, 0.2) is 48.8 Å². The van der Waals surface area contributed by atoms with Crippen molar-refractivity contribution in [3.63, 3.8) is 0 Å². The lowest BCUT2D eigenvalue weighted by Gasteiger charge is -2.11. The summed E-state index contributed by atoms with van der Waals surface area (Å²) in [4.78, 5) is 16.0. The Bertz CT molecular complexity index is 557. The van der Waals surface area contributed by atoms with Crippen LogP contribution < -0.4 is 5.32 Å². The number of benzene rings is 1. The van der Waals surface area contributed by atoms with E-state index in [0.717, 1.165) is 16.7 Å². The molecule has 1 atom stereocenters. The zero-order chi connectivity index (χ0) is 13.7. The van der Waals surface area contributed by atoms with E-state index >= 15 is 0 Å². The van der Waals surface area contributed by atoms with E-state index in [9.17, 15) is 4.79 Å². The van der Waals surface area contributed by atoms with Crippen LogP contribution >= 0.6 is 11.6 Å². The summed E-state index contributed by atoms with van der Waals surface area (Å²) in [6.07, 6.45) is 3.48. The molecular formula is C15H15ClN2O. The third-order valence-electron chi connectivity index (χ3n) is 2.92. The molecule has 3 nitrogen and oxygen atoms in total. The van der Waals surface area contributed by atoms with Crippen molar-refractivity contribution in [2.45, 2.75) is 18.8 Å². The van der Waals surface area contributed by atoms with Gasteiger partial charge in [-0.15, -0.1) is 11.6 Å². The highest BCUT2D eigenvalue weighted by Gasteiger charge is 2.16. The molecule has 0 bridgehead atoms. The van der Waals surface area contributed by atoms with E-state index in [1.807, 2.05) is 43.3 Å². The van der Waals surface area contributed by atoms with Crippen LogP contribution in [-0.4, -0.2) is 10.9 Å². The Morgan fingerprint density at radius 3 is 2.74 bits per heavy atom. The van der Waals surface area contributed by atoms with Crippen molar-refractivity contribution in [3.05, 3.63) is 65.5 Å². The number of amides is 1. The summed E-state index contributed by atoms with van der Waals surface area (Å²) in [5.41, 5.74) is 2.89. The quantitative estimate of drug-likeness (QED) is 0.871. The molecule has 4 heteroatoms. The van der Waals surface area contributed by atoms with Crippen molar-refractivity contribution in [1.82, 2.24) is 10.3 Å². The molecule has 2 rings (SSSR count). The van der Waals surface area contributed by atoms with Crippen LogP contribution in [0.5, 0.6) is 0 Å². The molecule has 0 saturated heterocycles. The van der Waals surface area contributed by atoms with Gasteiger partial charge in [0.2, 0.25) is 5.91 Å². The summed E-state index contributed by atoms with van der Waals surface area (Å²) in [7, 11) is 0. The first-order valence-corrected chi connectivity index (χ1v) is 6.48. The van der Waals surface area contributed by atoms with Crippen molar-refractivity contribution in [2.75, 3.05) is 0 Å². The van der Waals surface area contributed by atoms with Gasteiger partial charge < -0.3 is 5.32 Å². The maximum Gasteiger partial charge on any atom is 0.242 e. The molecule has 0 spiro atoms. The number of nitrogens with one attached hydrogen (secondary N) is 1. The van der Waals surface area contributed by atoms with Crippen molar-refractivity contribution >= 4 is 17.5 Å². The molecule has 98 valence electrons. The molecule has 0 fully saturated rings. The van der Waals surface area contributed by atoms with E-state index in [4.69, 9.17) is 11.6 Å². The molecule has 1 amide bonds. The maximum atomic E-state index is 12.0. The topological polar surface area (TPSA) is 42.0 Å². The van der Waals surface area contributed by atoms with Crippen molar-refractivity contribution in [2.24, 2.45) is 0 Å². The van der Waals surface area contributed by atoms with Crippen LogP contribution in [0.1, 0.15) is 22.1 Å². The standard InChI is InChI=1S/C15H15ClN2O/c1-11-7-8-17-9-13(11)10-18-15(19)14(16)12-5-3-2-4-6-12/h2-9,14H,10H2,1H3,(H,18,19). The third-order valence-corrected chi connectivity index (χ3v) is 3.37. The van der Waals surface area contributed by atoms with Gasteiger partial charge in [0.15, 0.2) is 0 Å². The van der Waals surface area contributed by atoms with Crippen LogP contribution in [0.4, 0.5) is 0 Å². The number of aromatic nitrogens is 1. The SMILES string of the molecule is Cc1ccncc1CNC(=O)C(Cl)c1ccccc1. The number of aryl methyl sites for hydroxylation is 1. The molecule has 19 heavy (non-hydrogen) atoms. The van der Waals surface area contributed by atoms with Gasteiger partial charge in [0, 0.05) is 18.9 Å². The summed E-state index contributed by atoms with van der Waals surface area (Å²) in [6.45, 7) is 2.42. The minimum atomic E-state index is -0.668. The number of rotatable bonds is 4. The number of carbonyl (C=O) groups excluding carboxylic acids is 1. The number of hydrogen-bond donors (Lipinski definition) is 1. The fourth-order valence-electron chi connectivity index (χ4n) is 1.73. The van der Waals surface area contributed by atoms with Crippen molar-refractivity contribution in [3.8, 4) is 0 Å². The Labute approximate surface area is 117 Å². The van der Waals surface area contributed by atoms with Gasteiger partial charge in [0.25, 0.3) is 0 Å². The highest BCUT2D eigenvalue weighted by molar-refractivity contribution is 6.30. The van der Waals surface area contributed by atoms with E-state index in [1.165, 1.54) is 0 Å². The van der Waals surface area contributed by atoms with Crippen LogP contribution in [0.2, 0.25) is 0 Å². The average molecular weight is 275 g/mol. The van der Waals surface area contributed by atoms with E-state index < -0.39 is 5.38 Å². The second-order valence-electron chi connectivity index (χ2n) is 4.29. The lowest BCUT2D eigenvalue weighted by Crippen LogP contribution is -2.26. The minimum absolute atomic E-state index is 0.198. The fraction of sp³-hybridized carbons (Fsp3) is 0.200. The van der Waals surface area contributed by atoms with E-state index in [-0.39, 0.29) is 5.91 Å². The summed E-state index contributed by atoms with van der Waals surface area (Å²) in [5, 5.41) is 2.16. The van der Waals surface area contributed by atoms with Crippen LogP contribution in [0.3, 0.4) is 0 Å². The Morgan fingerprint density at radius 2 is 2.05 bits per heavy atom. The fourth-order valence-corrected chi connectivity index (χ4v) is 1.95. The summed E-state index contributed by atoms with van der Waals surface area (Å²) < 4.78 is 0. The first kappa shape index (κ1) is 13.6. The zero-order valence-corrected chi connectivity index (χ0v) is 11.4. The van der Waals surface area contributed by atoms with Gasteiger partial charge in [-0.25, -0.2) is 0 Å². The summed E-state index contributed by atoms with van der Waals surface area (Å²) in [5.74, 6) is -0.198. The van der Waals surface area contributed by atoms with Crippen molar-refractivity contribution in [1.29, 1.82) is 0 Å². The smallest absolute Gasteiger partial charge is 0.242 e.